The van der Waals surface area contributed by atoms with E-state index in [-0.39, 0.29) is 0 Å². The van der Waals surface area contributed by atoms with Crippen LogP contribution >= 0.6 is 0 Å². The third-order valence-corrected chi connectivity index (χ3v) is 4.02. The Hall–Kier alpha value is -1.02. The molecule has 1 aromatic carbocycles. The number of benzene rings is 1. The topological polar surface area (TPSA) is 15.3 Å². The van der Waals surface area contributed by atoms with Crippen molar-refractivity contribution in [2.24, 2.45) is 5.92 Å². The number of hydrogen-bond donors (Lipinski definition) is 1. The summed E-state index contributed by atoms with van der Waals surface area (Å²) in [4.78, 5) is 2.45. The predicted octanol–water partition coefficient (Wildman–Crippen LogP) is 3.34. The molecule has 0 aromatic heterocycles. The van der Waals surface area contributed by atoms with Crippen LogP contribution in [0.2, 0.25) is 0 Å². The van der Waals surface area contributed by atoms with Gasteiger partial charge in [-0.25, -0.2) is 0 Å². The summed E-state index contributed by atoms with van der Waals surface area (Å²) in [6.45, 7) is 4.33. The van der Waals surface area contributed by atoms with Crippen molar-refractivity contribution >= 4 is 5.69 Å². The highest BCUT2D eigenvalue weighted by Crippen LogP contribution is 2.28. The molecule has 0 aliphatic heterocycles. The number of anilines is 1. The standard InChI is InChI=1S/C16H26N2/c1-13-8-9-16(15(10-13)11-17-2)18(3)12-14-6-4-5-7-14/h8-10,14,17H,4-7,11-12H2,1-3H3. The first kappa shape index (κ1) is 13.4. The highest BCUT2D eigenvalue weighted by atomic mass is 15.1. The average Bonchev–Trinajstić information content (AvgIpc) is 2.82. The molecule has 1 aliphatic carbocycles. The molecule has 0 heterocycles. The highest BCUT2D eigenvalue weighted by Gasteiger charge is 2.18. The van der Waals surface area contributed by atoms with Gasteiger partial charge in [-0.2, -0.15) is 0 Å². The third-order valence-electron chi connectivity index (χ3n) is 4.02. The van der Waals surface area contributed by atoms with Crippen LogP contribution in [-0.4, -0.2) is 20.6 Å². The molecule has 100 valence electrons. The fourth-order valence-electron chi connectivity index (χ4n) is 3.10. The second-order valence-corrected chi connectivity index (χ2v) is 5.69. The van der Waals surface area contributed by atoms with Gasteiger partial charge < -0.3 is 10.2 Å². The molecule has 1 saturated carbocycles. The molecule has 0 saturated heterocycles. The van der Waals surface area contributed by atoms with Crippen molar-refractivity contribution in [3.05, 3.63) is 29.3 Å². The lowest BCUT2D eigenvalue weighted by atomic mass is 10.1. The Labute approximate surface area is 111 Å². The smallest absolute Gasteiger partial charge is 0.0409 e. The molecule has 1 aliphatic rings. The molecule has 2 nitrogen and oxygen atoms in total. The van der Waals surface area contributed by atoms with Crippen LogP contribution in [0.3, 0.4) is 0 Å². The molecule has 0 radical (unpaired) electrons. The monoisotopic (exact) mass is 246 g/mol. The zero-order valence-corrected chi connectivity index (χ0v) is 12.0. The van der Waals surface area contributed by atoms with Gasteiger partial charge in [-0.3, -0.25) is 0 Å². The molecule has 18 heavy (non-hydrogen) atoms. The van der Waals surface area contributed by atoms with E-state index in [4.69, 9.17) is 0 Å². The van der Waals surface area contributed by atoms with Crippen LogP contribution in [0.4, 0.5) is 5.69 Å². The minimum atomic E-state index is 0.902. The van der Waals surface area contributed by atoms with Crippen LogP contribution in [0.5, 0.6) is 0 Å². The van der Waals surface area contributed by atoms with Crippen molar-refractivity contribution in [2.75, 3.05) is 25.5 Å². The summed E-state index contributed by atoms with van der Waals surface area (Å²) in [5, 5.41) is 3.27. The van der Waals surface area contributed by atoms with Crippen molar-refractivity contribution in [2.45, 2.75) is 39.2 Å². The van der Waals surface area contributed by atoms with E-state index in [0.29, 0.717) is 0 Å². The zero-order chi connectivity index (χ0) is 13.0. The fourth-order valence-corrected chi connectivity index (χ4v) is 3.10. The molecule has 0 spiro atoms. The summed E-state index contributed by atoms with van der Waals surface area (Å²) in [5.41, 5.74) is 4.15. The Morgan fingerprint density at radius 1 is 1.28 bits per heavy atom. The van der Waals surface area contributed by atoms with Crippen LogP contribution < -0.4 is 10.2 Å². The summed E-state index contributed by atoms with van der Waals surface area (Å²) in [6.07, 6.45) is 5.68. The first-order chi connectivity index (χ1) is 8.70. The molecular formula is C16H26N2. The molecule has 1 N–H and O–H groups in total. The minimum Gasteiger partial charge on any atom is -0.374 e. The van der Waals surface area contributed by atoms with Crippen LogP contribution in [0, 0.1) is 12.8 Å². The van der Waals surface area contributed by atoms with Crippen molar-refractivity contribution in [1.29, 1.82) is 0 Å². The van der Waals surface area contributed by atoms with Crippen molar-refractivity contribution < 1.29 is 0 Å². The maximum atomic E-state index is 3.27. The molecule has 1 fully saturated rings. The van der Waals surface area contributed by atoms with Crippen LogP contribution in [-0.2, 0) is 6.54 Å². The second kappa shape index (κ2) is 6.24. The van der Waals surface area contributed by atoms with E-state index in [2.05, 4.69) is 42.4 Å². The van der Waals surface area contributed by atoms with Gasteiger partial charge in [0.2, 0.25) is 0 Å². The van der Waals surface area contributed by atoms with E-state index in [1.807, 2.05) is 7.05 Å². The Balaban J connectivity index is 2.09. The van der Waals surface area contributed by atoms with E-state index in [0.717, 1.165) is 12.5 Å². The number of nitrogens with zero attached hydrogens (tertiary/aromatic N) is 1. The average molecular weight is 246 g/mol. The normalized spacial score (nSPS) is 16.2. The van der Waals surface area contributed by atoms with Gasteiger partial charge >= 0.3 is 0 Å². The van der Waals surface area contributed by atoms with E-state index in [1.54, 1.807) is 0 Å². The fraction of sp³-hybridized carbons (Fsp3) is 0.625. The Morgan fingerprint density at radius 2 is 2.00 bits per heavy atom. The maximum Gasteiger partial charge on any atom is 0.0409 e. The van der Waals surface area contributed by atoms with Gasteiger partial charge in [0, 0.05) is 25.8 Å². The molecule has 0 atom stereocenters. The lowest BCUT2D eigenvalue weighted by Crippen LogP contribution is -2.25. The number of nitrogens with one attached hydrogen (secondary N) is 1. The van der Waals surface area contributed by atoms with Gasteiger partial charge in [0.05, 0.1) is 0 Å². The maximum absolute atomic E-state index is 3.27. The molecular weight excluding hydrogens is 220 g/mol. The van der Waals surface area contributed by atoms with Gasteiger partial charge in [0.1, 0.15) is 0 Å². The summed E-state index contributed by atoms with van der Waals surface area (Å²) in [6, 6.07) is 6.80. The third kappa shape index (κ3) is 3.26. The molecule has 0 unspecified atom stereocenters. The molecule has 0 bridgehead atoms. The zero-order valence-electron chi connectivity index (χ0n) is 12.0. The largest absolute Gasteiger partial charge is 0.374 e. The summed E-state index contributed by atoms with van der Waals surface area (Å²) in [7, 11) is 4.26. The molecule has 0 amide bonds. The molecule has 1 aromatic rings. The van der Waals surface area contributed by atoms with Crippen LogP contribution in [0.15, 0.2) is 18.2 Å². The molecule has 2 rings (SSSR count). The van der Waals surface area contributed by atoms with Gasteiger partial charge in [0.15, 0.2) is 0 Å². The Bertz CT molecular complexity index is 381. The van der Waals surface area contributed by atoms with Crippen molar-refractivity contribution in [3.8, 4) is 0 Å². The first-order valence-corrected chi connectivity index (χ1v) is 7.16. The Morgan fingerprint density at radius 3 is 2.67 bits per heavy atom. The van der Waals surface area contributed by atoms with Gasteiger partial charge in [0.25, 0.3) is 0 Å². The van der Waals surface area contributed by atoms with Crippen molar-refractivity contribution in [1.82, 2.24) is 5.32 Å². The summed E-state index contributed by atoms with van der Waals surface area (Å²) in [5.74, 6) is 0.902. The van der Waals surface area contributed by atoms with E-state index in [9.17, 15) is 0 Å². The van der Waals surface area contributed by atoms with E-state index >= 15 is 0 Å². The minimum absolute atomic E-state index is 0.902. The quantitative estimate of drug-likeness (QED) is 0.857. The summed E-state index contributed by atoms with van der Waals surface area (Å²) < 4.78 is 0. The summed E-state index contributed by atoms with van der Waals surface area (Å²) >= 11 is 0. The first-order valence-electron chi connectivity index (χ1n) is 7.16. The lowest BCUT2D eigenvalue weighted by Gasteiger charge is -2.26. The van der Waals surface area contributed by atoms with E-state index in [1.165, 1.54) is 49.0 Å². The SMILES string of the molecule is CNCc1cc(C)ccc1N(C)CC1CCCC1. The lowest BCUT2D eigenvalue weighted by molar-refractivity contribution is 0.546. The second-order valence-electron chi connectivity index (χ2n) is 5.69. The molecule has 2 heteroatoms. The van der Waals surface area contributed by atoms with Crippen LogP contribution in [0.1, 0.15) is 36.8 Å². The number of hydrogen-bond acceptors (Lipinski definition) is 2. The van der Waals surface area contributed by atoms with Crippen LogP contribution in [0.25, 0.3) is 0 Å². The van der Waals surface area contributed by atoms with Crippen molar-refractivity contribution in [3.63, 3.8) is 0 Å². The number of rotatable bonds is 5. The number of aryl methyl sites for hydroxylation is 1. The van der Waals surface area contributed by atoms with E-state index < -0.39 is 0 Å². The van der Waals surface area contributed by atoms with Gasteiger partial charge in [-0.15, -0.1) is 0 Å². The Kier molecular flexibility index (Phi) is 4.65. The van der Waals surface area contributed by atoms with Gasteiger partial charge in [-0.05, 0) is 44.4 Å². The van der Waals surface area contributed by atoms with Gasteiger partial charge in [-0.1, -0.05) is 30.5 Å². The predicted molar refractivity (Wildman–Crippen MR) is 79.2 cm³/mol. The highest BCUT2D eigenvalue weighted by molar-refractivity contribution is 5.54.